The van der Waals surface area contributed by atoms with Crippen LogP contribution in [0.5, 0.6) is 0 Å². The molecule has 1 atom stereocenters. The summed E-state index contributed by atoms with van der Waals surface area (Å²) < 4.78 is 14.3. The van der Waals surface area contributed by atoms with E-state index in [9.17, 15) is 14.0 Å². The predicted octanol–water partition coefficient (Wildman–Crippen LogP) is 3.04. The van der Waals surface area contributed by atoms with E-state index in [1.807, 2.05) is 0 Å². The second kappa shape index (κ2) is 7.23. The van der Waals surface area contributed by atoms with Crippen molar-refractivity contribution in [3.05, 3.63) is 62.8 Å². The maximum atomic E-state index is 12.9. The Balaban J connectivity index is 1.52. The van der Waals surface area contributed by atoms with Gasteiger partial charge in [-0.05, 0) is 48.4 Å². The van der Waals surface area contributed by atoms with Gasteiger partial charge in [-0.2, -0.15) is 0 Å². The zero-order chi connectivity index (χ0) is 19.0. The van der Waals surface area contributed by atoms with Gasteiger partial charge in [-0.25, -0.2) is 9.37 Å². The van der Waals surface area contributed by atoms with Crippen molar-refractivity contribution in [1.29, 1.82) is 0 Å². The fourth-order valence-electron chi connectivity index (χ4n) is 3.49. The molecule has 0 saturated carbocycles. The second-order valence-corrected chi connectivity index (χ2v) is 8.20. The zero-order valence-corrected chi connectivity index (χ0v) is 15.8. The Morgan fingerprint density at radius 2 is 2.15 bits per heavy atom. The van der Waals surface area contributed by atoms with Crippen LogP contribution in [0.2, 0.25) is 0 Å². The number of aromatic nitrogens is 2. The smallest absolute Gasteiger partial charge is 0.262 e. The van der Waals surface area contributed by atoms with Gasteiger partial charge >= 0.3 is 0 Å². The van der Waals surface area contributed by atoms with Crippen LogP contribution in [-0.4, -0.2) is 15.5 Å². The first-order valence-electron chi connectivity index (χ1n) is 9.02. The Labute approximate surface area is 159 Å². The number of amides is 1. The number of hydrogen-bond donors (Lipinski definition) is 1. The van der Waals surface area contributed by atoms with Gasteiger partial charge in [-0.1, -0.05) is 19.1 Å². The normalized spacial score (nSPS) is 16.3. The van der Waals surface area contributed by atoms with Crippen molar-refractivity contribution >= 4 is 27.5 Å². The number of nitrogens with zero attached hydrogens (tertiary/aromatic N) is 2. The molecule has 27 heavy (non-hydrogen) atoms. The lowest BCUT2D eigenvalue weighted by Crippen LogP contribution is -2.32. The molecule has 1 amide bonds. The van der Waals surface area contributed by atoms with Gasteiger partial charge in [0, 0.05) is 11.4 Å². The molecule has 2 heterocycles. The highest BCUT2D eigenvalue weighted by Gasteiger charge is 2.23. The van der Waals surface area contributed by atoms with Crippen LogP contribution in [-0.2, 0) is 30.7 Å². The molecule has 0 saturated heterocycles. The summed E-state index contributed by atoms with van der Waals surface area (Å²) in [6, 6.07) is 5.94. The summed E-state index contributed by atoms with van der Waals surface area (Å²) in [7, 11) is 0. The summed E-state index contributed by atoms with van der Waals surface area (Å²) in [5.41, 5.74) is 1.77. The lowest BCUT2D eigenvalue weighted by molar-refractivity contribution is -0.121. The topological polar surface area (TPSA) is 64.0 Å². The fraction of sp³-hybridized carbons (Fsp3) is 0.350. The maximum Gasteiger partial charge on any atom is 0.262 e. The lowest BCUT2D eigenvalue weighted by Gasteiger charge is -2.17. The molecule has 0 aliphatic heterocycles. The van der Waals surface area contributed by atoms with Crippen molar-refractivity contribution < 1.29 is 9.18 Å². The van der Waals surface area contributed by atoms with Crippen LogP contribution in [0.25, 0.3) is 10.2 Å². The lowest BCUT2D eigenvalue weighted by atomic mass is 9.89. The summed E-state index contributed by atoms with van der Waals surface area (Å²) in [5, 5.41) is 3.43. The van der Waals surface area contributed by atoms with Crippen molar-refractivity contribution in [2.45, 2.75) is 39.3 Å². The van der Waals surface area contributed by atoms with Crippen molar-refractivity contribution in [3.63, 3.8) is 0 Å². The Morgan fingerprint density at radius 3 is 2.93 bits per heavy atom. The Kier molecular flexibility index (Phi) is 4.78. The van der Waals surface area contributed by atoms with Crippen LogP contribution in [0.4, 0.5) is 4.39 Å². The molecule has 0 unspecified atom stereocenters. The van der Waals surface area contributed by atoms with Crippen molar-refractivity contribution in [2.24, 2.45) is 5.92 Å². The molecule has 1 aliphatic rings. The van der Waals surface area contributed by atoms with Crippen molar-refractivity contribution in [3.8, 4) is 0 Å². The second-order valence-electron chi connectivity index (χ2n) is 7.11. The fourth-order valence-corrected chi connectivity index (χ4v) is 4.83. The van der Waals surface area contributed by atoms with E-state index < -0.39 is 0 Å². The first-order valence-corrected chi connectivity index (χ1v) is 9.83. The molecule has 5 nitrogen and oxygen atoms in total. The molecule has 2 aromatic heterocycles. The number of aryl methyl sites for hydroxylation is 1. The van der Waals surface area contributed by atoms with Gasteiger partial charge in [0.05, 0.1) is 11.7 Å². The summed E-state index contributed by atoms with van der Waals surface area (Å²) in [6.07, 6.45) is 4.42. The van der Waals surface area contributed by atoms with Gasteiger partial charge in [-0.15, -0.1) is 11.3 Å². The van der Waals surface area contributed by atoms with E-state index in [1.54, 1.807) is 23.5 Å². The van der Waals surface area contributed by atoms with Gasteiger partial charge < -0.3 is 5.32 Å². The molecule has 0 spiro atoms. The molecule has 3 aromatic rings. The minimum Gasteiger partial charge on any atom is -0.350 e. The van der Waals surface area contributed by atoms with Crippen LogP contribution in [0.15, 0.2) is 35.4 Å². The minimum absolute atomic E-state index is 0.0794. The number of halogens is 1. The number of thiophene rings is 1. The van der Waals surface area contributed by atoms with Gasteiger partial charge in [0.25, 0.3) is 5.56 Å². The van der Waals surface area contributed by atoms with E-state index in [-0.39, 0.29) is 30.4 Å². The molecular formula is C20H20FN3O2S. The molecule has 4 rings (SSSR count). The zero-order valence-electron chi connectivity index (χ0n) is 15.0. The van der Waals surface area contributed by atoms with Gasteiger partial charge in [-0.3, -0.25) is 14.2 Å². The summed E-state index contributed by atoms with van der Waals surface area (Å²) in [4.78, 5) is 31.6. The number of rotatable bonds is 4. The average Bonchev–Trinajstić information content (AvgIpc) is 3.01. The predicted molar refractivity (Wildman–Crippen MR) is 103 cm³/mol. The van der Waals surface area contributed by atoms with Crippen LogP contribution in [0, 0.1) is 11.7 Å². The molecule has 0 fully saturated rings. The largest absolute Gasteiger partial charge is 0.350 e. The van der Waals surface area contributed by atoms with Crippen molar-refractivity contribution in [1.82, 2.24) is 14.9 Å². The molecule has 1 aliphatic carbocycles. The van der Waals surface area contributed by atoms with E-state index in [1.165, 1.54) is 27.9 Å². The quantitative estimate of drug-likeness (QED) is 0.751. The standard InChI is InChI=1S/C20H20FN3O2S/c1-12-2-7-15-16(8-12)27-19-18(15)20(26)24(11-23-19)10-17(25)22-9-13-3-5-14(21)6-4-13/h3-6,11-12H,2,7-10H2,1H3,(H,22,25)/t12-/m0/s1. The number of hydrogen-bond acceptors (Lipinski definition) is 4. The monoisotopic (exact) mass is 385 g/mol. The summed E-state index contributed by atoms with van der Waals surface area (Å²) in [5.74, 6) is 0.0369. The van der Waals surface area contributed by atoms with E-state index in [0.717, 1.165) is 35.2 Å². The highest BCUT2D eigenvalue weighted by Crippen LogP contribution is 2.35. The number of carbonyl (C=O) groups excluding carboxylic acids is 1. The van der Waals surface area contributed by atoms with Crippen LogP contribution in [0.1, 0.15) is 29.3 Å². The highest BCUT2D eigenvalue weighted by molar-refractivity contribution is 7.18. The molecule has 0 radical (unpaired) electrons. The van der Waals surface area contributed by atoms with Crippen LogP contribution < -0.4 is 10.9 Å². The number of benzene rings is 1. The molecule has 7 heteroatoms. The first kappa shape index (κ1) is 17.9. The third-order valence-corrected chi connectivity index (χ3v) is 6.16. The van der Waals surface area contributed by atoms with E-state index in [2.05, 4.69) is 17.2 Å². The van der Waals surface area contributed by atoms with Gasteiger partial charge in [0.1, 0.15) is 17.2 Å². The van der Waals surface area contributed by atoms with Crippen LogP contribution >= 0.6 is 11.3 Å². The number of carbonyl (C=O) groups is 1. The van der Waals surface area contributed by atoms with Crippen LogP contribution in [0.3, 0.4) is 0 Å². The highest BCUT2D eigenvalue weighted by atomic mass is 32.1. The molecular weight excluding hydrogens is 365 g/mol. The first-order chi connectivity index (χ1) is 13.0. The minimum atomic E-state index is -0.315. The van der Waals surface area contributed by atoms with E-state index >= 15 is 0 Å². The maximum absolute atomic E-state index is 12.9. The van der Waals surface area contributed by atoms with Gasteiger partial charge in [0.2, 0.25) is 5.91 Å². The molecule has 1 aromatic carbocycles. The number of nitrogens with one attached hydrogen (secondary N) is 1. The summed E-state index contributed by atoms with van der Waals surface area (Å²) >= 11 is 1.60. The molecule has 140 valence electrons. The third kappa shape index (κ3) is 3.64. The average molecular weight is 385 g/mol. The third-order valence-electron chi connectivity index (χ3n) is 5.00. The molecule has 1 N–H and O–H groups in total. The number of fused-ring (bicyclic) bond motifs is 3. The SMILES string of the molecule is C[C@H]1CCc2c(sc3ncn(CC(=O)NCc4ccc(F)cc4)c(=O)c23)C1. The molecule has 0 bridgehead atoms. The Morgan fingerprint density at radius 1 is 1.37 bits per heavy atom. The Hall–Kier alpha value is -2.54. The van der Waals surface area contributed by atoms with Crippen molar-refractivity contribution in [2.75, 3.05) is 0 Å². The Bertz CT molecular complexity index is 1060. The van der Waals surface area contributed by atoms with Gasteiger partial charge in [0.15, 0.2) is 0 Å². The van der Waals surface area contributed by atoms with E-state index in [4.69, 9.17) is 0 Å². The van der Waals surface area contributed by atoms with E-state index in [0.29, 0.717) is 11.3 Å². The summed E-state index contributed by atoms with van der Waals surface area (Å²) in [6.45, 7) is 2.43.